The van der Waals surface area contributed by atoms with Crippen molar-refractivity contribution in [1.82, 2.24) is 0 Å². The van der Waals surface area contributed by atoms with Crippen LogP contribution in [-0.4, -0.2) is 11.3 Å². The highest BCUT2D eigenvalue weighted by molar-refractivity contribution is 6.32. The number of benzene rings is 2. The second kappa shape index (κ2) is 6.31. The summed E-state index contributed by atoms with van der Waals surface area (Å²) < 4.78 is 0. The van der Waals surface area contributed by atoms with Crippen LogP contribution >= 0.6 is 11.6 Å². The first-order chi connectivity index (χ1) is 9.88. The van der Waals surface area contributed by atoms with Crippen molar-refractivity contribution in [1.29, 1.82) is 0 Å². The lowest BCUT2D eigenvalue weighted by Gasteiger charge is -2.20. The van der Waals surface area contributed by atoms with E-state index in [1.165, 1.54) is 0 Å². The van der Waals surface area contributed by atoms with Gasteiger partial charge in [0, 0.05) is 11.8 Å². The van der Waals surface area contributed by atoms with Gasteiger partial charge in [0.05, 0.1) is 11.6 Å². The minimum absolute atomic E-state index is 0.0284. The first-order valence-corrected chi connectivity index (χ1v) is 7.32. The number of nitrogens with zero attached hydrogens (tertiary/aromatic N) is 1. The Labute approximate surface area is 131 Å². The van der Waals surface area contributed by atoms with E-state index in [2.05, 4.69) is 25.8 Å². The van der Waals surface area contributed by atoms with E-state index in [1.807, 2.05) is 42.5 Å². The summed E-state index contributed by atoms with van der Waals surface area (Å²) in [4.78, 5) is 4.39. The first-order valence-electron chi connectivity index (χ1n) is 6.94. The molecule has 2 rings (SSSR count). The fourth-order valence-corrected chi connectivity index (χ4v) is 2.21. The third-order valence-corrected chi connectivity index (χ3v) is 3.59. The molecule has 110 valence electrons. The quantitative estimate of drug-likeness (QED) is 0.798. The van der Waals surface area contributed by atoms with Crippen LogP contribution < -0.4 is 0 Å². The summed E-state index contributed by atoms with van der Waals surface area (Å²) in [5, 5.41) is 10.4. The van der Waals surface area contributed by atoms with E-state index < -0.39 is 0 Å². The first kappa shape index (κ1) is 15.6. The van der Waals surface area contributed by atoms with Crippen molar-refractivity contribution < 1.29 is 5.11 Å². The van der Waals surface area contributed by atoms with Crippen molar-refractivity contribution in [3.8, 4) is 5.75 Å². The molecule has 2 aromatic rings. The molecule has 0 aromatic heterocycles. The summed E-state index contributed by atoms with van der Waals surface area (Å²) in [6.07, 6.45) is 1.68. The summed E-state index contributed by atoms with van der Waals surface area (Å²) in [6, 6.07) is 13.7. The van der Waals surface area contributed by atoms with Crippen molar-refractivity contribution >= 4 is 17.8 Å². The average Bonchev–Trinajstić information content (AvgIpc) is 2.43. The van der Waals surface area contributed by atoms with Gasteiger partial charge in [-0.1, -0.05) is 62.7 Å². The molecular weight excluding hydrogens is 282 g/mol. The van der Waals surface area contributed by atoms with Crippen LogP contribution in [-0.2, 0) is 12.0 Å². The summed E-state index contributed by atoms with van der Waals surface area (Å²) in [7, 11) is 0. The molecule has 0 heterocycles. The van der Waals surface area contributed by atoms with E-state index >= 15 is 0 Å². The average molecular weight is 302 g/mol. The van der Waals surface area contributed by atoms with Gasteiger partial charge in [-0.15, -0.1) is 0 Å². The zero-order chi connectivity index (χ0) is 15.5. The smallest absolute Gasteiger partial charge is 0.142 e. The number of phenolic OH excluding ortho intramolecular Hbond substituents is 1. The zero-order valence-corrected chi connectivity index (χ0v) is 13.4. The highest BCUT2D eigenvalue weighted by atomic mass is 35.5. The van der Waals surface area contributed by atoms with Gasteiger partial charge in [0.25, 0.3) is 0 Å². The van der Waals surface area contributed by atoms with Gasteiger partial charge in [0.15, 0.2) is 0 Å². The molecule has 0 fully saturated rings. The van der Waals surface area contributed by atoms with E-state index in [0.717, 1.165) is 11.1 Å². The second-order valence-corrected chi connectivity index (χ2v) is 6.51. The molecule has 0 aliphatic heterocycles. The van der Waals surface area contributed by atoms with Gasteiger partial charge in [0.1, 0.15) is 5.75 Å². The maximum Gasteiger partial charge on any atom is 0.142 e. The maximum atomic E-state index is 10.1. The zero-order valence-electron chi connectivity index (χ0n) is 12.6. The third-order valence-electron chi connectivity index (χ3n) is 3.31. The van der Waals surface area contributed by atoms with E-state index in [-0.39, 0.29) is 11.2 Å². The molecule has 0 unspecified atom stereocenters. The molecule has 1 N–H and O–H groups in total. The lowest BCUT2D eigenvalue weighted by molar-refractivity contribution is 0.473. The predicted octanol–water partition coefficient (Wildman–Crippen LogP) is 4.96. The van der Waals surface area contributed by atoms with Gasteiger partial charge in [-0.25, -0.2) is 0 Å². The fourth-order valence-electron chi connectivity index (χ4n) is 1.98. The van der Waals surface area contributed by atoms with Crippen molar-refractivity contribution in [2.75, 3.05) is 0 Å². The van der Waals surface area contributed by atoms with E-state index in [1.54, 1.807) is 6.21 Å². The summed E-state index contributed by atoms with van der Waals surface area (Å²) >= 11 is 6.11. The largest absolute Gasteiger partial charge is 0.506 e. The van der Waals surface area contributed by atoms with Crippen LogP contribution in [0.25, 0.3) is 0 Å². The Morgan fingerprint density at radius 1 is 1.14 bits per heavy atom. The predicted molar refractivity (Wildman–Crippen MR) is 89.6 cm³/mol. The number of hydrogen-bond donors (Lipinski definition) is 1. The fraction of sp³-hybridized carbons (Fsp3) is 0.278. The Hall–Kier alpha value is -1.80. The van der Waals surface area contributed by atoms with Crippen LogP contribution in [0, 0.1) is 0 Å². The van der Waals surface area contributed by atoms with Crippen LogP contribution in [0.3, 0.4) is 0 Å². The Balaban J connectivity index is 2.25. The highest BCUT2D eigenvalue weighted by Gasteiger charge is 2.17. The van der Waals surface area contributed by atoms with E-state index in [0.29, 0.717) is 17.1 Å². The summed E-state index contributed by atoms with van der Waals surface area (Å²) in [6.45, 7) is 6.92. The summed E-state index contributed by atoms with van der Waals surface area (Å²) in [5.74, 6) is 0.0847. The minimum atomic E-state index is -0.0284. The van der Waals surface area contributed by atoms with Crippen LogP contribution in [0.5, 0.6) is 5.75 Å². The maximum absolute atomic E-state index is 10.1. The number of halogens is 1. The third kappa shape index (κ3) is 4.08. The SMILES string of the molecule is CC(C)(C)c1cc(Cl)c(O)c(C=NCc2ccccc2)c1. The van der Waals surface area contributed by atoms with Crippen LogP contribution in [0.15, 0.2) is 47.5 Å². The van der Waals surface area contributed by atoms with E-state index in [4.69, 9.17) is 11.6 Å². The molecule has 0 atom stereocenters. The van der Waals surface area contributed by atoms with Gasteiger partial charge in [-0.2, -0.15) is 0 Å². The lowest BCUT2D eigenvalue weighted by Crippen LogP contribution is -2.11. The van der Waals surface area contributed by atoms with Gasteiger partial charge < -0.3 is 5.11 Å². The molecule has 2 aromatic carbocycles. The molecule has 3 heteroatoms. The topological polar surface area (TPSA) is 32.6 Å². The lowest BCUT2D eigenvalue weighted by atomic mass is 9.86. The highest BCUT2D eigenvalue weighted by Crippen LogP contribution is 2.33. The summed E-state index contributed by atoms with van der Waals surface area (Å²) in [5.41, 5.74) is 2.83. The van der Waals surface area contributed by atoms with Gasteiger partial charge in [0.2, 0.25) is 0 Å². The molecule has 2 nitrogen and oxygen atoms in total. The van der Waals surface area contributed by atoms with Crippen molar-refractivity contribution in [2.45, 2.75) is 32.7 Å². The molecular formula is C18H20ClNO. The molecule has 0 bridgehead atoms. The Morgan fingerprint density at radius 2 is 1.81 bits per heavy atom. The van der Waals surface area contributed by atoms with Crippen molar-refractivity contribution in [3.05, 3.63) is 64.2 Å². The molecule has 0 saturated heterocycles. The van der Waals surface area contributed by atoms with Crippen LogP contribution in [0.1, 0.15) is 37.5 Å². The minimum Gasteiger partial charge on any atom is -0.506 e. The Kier molecular flexibility index (Phi) is 4.69. The normalized spacial score (nSPS) is 12.0. The van der Waals surface area contributed by atoms with Crippen molar-refractivity contribution in [3.63, 3.8) is 0 Å². The number of aromatic hydroxyl groups is 1. The molecule has 0 saturated carbocycles. The molecule has 0 amide bonds. The molecule has 0 radical (unpaired) electrons. The number of rotatable bonds is 3. The number of phenols is 1. The van der Waals surface area contributed by atoms with Crippen LogP contribution in [0.4, 0.5) is 0 Å². The van der Waals surface area contributed by atoms with Crippen molar-refractivity contribution in [2.24, 2.45) is 4.99 Å². The molecule has 0 spiro atoms. The van der Waals surface area contributed by atoms with E-state index in [9.17, 15) is 5.11 Å². The van der Waals surface area contributed by atoms with Gasteiger partial charge in [-0.3, -0.25) is 4.99 Å². The van der Waals surface area contributed by atoms with Crippen LogP contribution in [0.2, 0.25) is 5.02 Å². The van der Waals surface area contributed by atoms with Gasteiger partial charge >= 0.3 is 0 Å². The Bertz CT molecular complexity index is 642. The molecule has 21 heavy (non-hydrogen) atoms. The standard InChI is InChI=1S/C18H20ClNO/c1-18(2,3)15-9-14(17(21)16(19)10-15)12-20-11-13-7-5-4-6-8-13/h4-10,12,21H,11H2,1-3H3. The van der Waals surface area contributed by atoms with Gasteiger partial charge in [-0.05, 0) is 28.7 Å². The molecule has 0 aliphatic rings. The molecule has 0 aliphatic carbocycles. The monoisotopic (exact) mass is 301 g/mol. The Morgan fingerprint density at radius 3 is 2.43 bits per heavy atom. The number of hydrogen-bond acceptors (Lipinski definition) is 2. The number of aliphatic imine (C=N–C) groups is 1. The second-order valence-electron chi connectivity index (χ2n) is 6.10.